The van der Waals surface area contributed by atoms with Gasteiger partial charge in [0.15, 0.2) is 23.1 Å². The molecule has 0 unspecified atom stereocenters. The second-order valence-electron chi connectivity index (χ2n) is 4.26. The third-order valence-electron chi connectivity index (χ3n) is 2.88. The molecule has 6 heteroatoms. The van der Waals surface area contributed by atoms with Gasteiger partial charge in [0.25, 0.3) is 0 Å². The Morgan fingerprint density at radius 1 is 1.26 bits per heavy atom. The van der Waals surface area contributed by atoms with Crippen molar-refractivity contribution in [1.29, 1.82) is 0 Å². The Kier molecular flexibility index (Phi) is 3.00. The summed E-state index contributed by atoms with van der Waals surface area (Å²) in [6.07, 6.45) is 0.0731. The molecule has 0 saturated carbocycles. The lowest BCUT2D eigenvalue weighted by atomic mass is 10.1. The van der Waals surface area contributed by atoms with E-state index in [1.165, 1.54) is 0 Å². The van der Waals surface area contributed by atoms with Crippen LogP contribution in [0.1, 0.15) is 0 Å². The number of hydrogen-bond acceptors (Lipinski definition) is 6. The molecule has 2 aromatic rings. The van der Waals surface area contributed by atoms with Crippen molar-refractivity contribution in [2.75, 3.05) is 26.1 Å². The lowest BCUT2D eigenvalue weighted by Gasteiger charge is -2.27. The third-order valence-corrected chi connectivity index (χ3v) is 2.88. The predicted molar refractivity (Wildman–Crippen MR) is 68.1 cm³/mol. The normalized spacial score (nSPS) is 15.0. The van der Waals surface area contributed by atoms with Crippen molar-refractivity contribution in [3.05, 3.63) is 24.3 Å². The van der Waals surface area contributed by atoms with Crippen molar-refractivity contribution >= 4 is 5.82 Å². The van der Waals surface area contributed by atoms with Crippen LogP contribution in [0.4, 0.5) is 5.82 Å². The lowest BCUT2D eigenvalue weighted by Crippen LogP contribution is -2.38. The van der Waals surface area contributed by atoms with Gasteiger partial charge in [-0.2, -0.15) is 0 Å². The Labute approximate surface area is 110 Å². The molecular weight excluding hydrogens is 248 g/mol. The first kappa shape index (κ1) is 11.9. The minimum atomic E-state index is 0.0731. The molecule has 1 saturated heterocycles. The summed E-state index contributed by atoms with van der Waals surface area (Å²) in [6, 6.07) is 7.20. The van der Waals surface area contributed by atoms with Gasteiger partial charge in [-0.3, -0.25) is 0 Å². The summed E-state index contributed by atoms with van der Waals surface area (Å²) in [4.78, 5) is 0. The first-order chi connectivity index (χ1) is 9.26. The predicted octanol–water partition coefficient (Wildman–Crippen LogP) is 1.71. The van der Waals surface area contributed by atoms with E-state index in [0.717, 1.165) is 5.56 Å². The van der Waals surface area contributed by atoms with Crippen molar-refractivity contribution in [1.82, 2.24) is 5.16 Å². The summed E-state index contributed by atoms with van der Waals surface area (Å²) in [5.41, 5.74) is 6.38. The Bertz CT molecular complexity index is 578. The number of rotatable bonds is 4. The van der Waals surface area contributed by atoms with Gasteiger partial charge < -0.3 is 24.5 Å². The first-order valence-electron chi connectivity index (χ1n) is 5.91. The molecule has 0 amide bonds. The fraction of sp³-hybridized carbons (Fsp3) is 0.308. The van der Waals surface area contributed by atoms with E-state index in [-0.39, 0.29) is 6.10 Å². The Balaban J connectivity index is 1.91. The molecule has 1 aromatic heterocycles. The second-order valence-corrected chi connectivity index (χ2v) is 4.26. The third kappa shape index (κ3) is 2.34. The second kappa shape index (κ2) is 4.81. The number of ether oxygens (including phenoxy) is 3. The van der Waals surface area contributed by atoms with Gasteiger partial charge in [-0.1, -0.05) is 5.16 Å². The summed E-state index contributed by atoms with van der Waals surface area (Å²) < 4.78 is 21.3. The molecule has 0 atom stereocenters. The number of aromatic nitrogens is 1. The van der Waals surface area contributed by atoms with E-state index in [1.54, 1.807) is 13.2 Å². The van der Waals surface area contributed by atoms with E-state index >= 15 is 0 Å². The minimum Gasteiger partial charge on any atom is -0.493 e. The van der Waals surface area contributed by atoms with Crippen LogP contribution >= 0.6 is 0 Å². The average molecular weight is 262 g/mol. The SMILES string of the molecule is COc1ccc(-c2cc(N)no2)cc1OC1COC1. The summed E-state index contributed by atoms with van der Waals surface area (Å²) >= 11 is 0. The lowest BCUT2D eigenvalue weighted by molar-refractivity contribution is -0.0803. The zero-order valence-electron chi connectivity index (χ0n) is 10.5. The Morgan fingerprint density at radius 2 is 2.11 bits per heavy atom. The van der Waals surface area contributed by atoms with Gasteiger partial charge in [-0.25, -0.2) is 0 Å². The summed E-state index contributed by atoms with van der Waals surface area (Å²) in [5.74, 6) is 2.27. The number of methoxy groups -OCH3 is 1. The average Bonchev–Trinajstić information content (AvgIpc) is 2.80. The topological polar surface area (TPSA) is 79.7 Å². The van der Waals surface area contributed by atoms with Crippen LogP contribution in [0.3, 0.4) is 0 Å². The van der Waals surface area contributed by atoms with Crippen molar-refractivity contribution < 1.29 is 18.7 Å². The number of nitrogen functional groups attached to an aromatic ring is 1. The largest absolute Gasteiger partial charge is 0.493 e. The monoisotopic (exact) mass is 262 g/mol. The zero-order chi connectivity index (χ0) is 13.2. The maximum Gasteiger partial charge on any atom is 0.169 e. The minimum absolute atomic E-state index is 0.0731. The van der Waals surface area contributed by atoms with Crippen LogP contribution < -0.4 is 15.2 Å². The van der Waals surface area contributed by atoms with Crippen LogP contribution in [-0.2, 0) is 4.74 Å². The Morgan fingerprint density at radius 3 is 2.68 bits per heavy atom. The fourth-order valence-corrected chi connectivity index (χ4v) is 1.81. The van der Waals surface area contributed by atoms with Gasteiger partial charge in [0.05, 0.1) is 20.3 Å². The summed E-state index contributed by atoms with van der Waals surface area (Å²) in [6.45, 7) is 1.20. The van der Waals surface area contributed by atoms with Gasteiger partial charge in [0, 0.05) is 11.6 Å². The van der Waals surface area contributed by atoms with Crippen LogP contribution in [0, 0.1) is 0 Å². The number of anilines is 1. The van der Waals surface area contributed by atoms with Crippen LogP contribution in [0.2, 0.25) is 0 Å². The van der Waals surface area contributed by atoms with Crippen molar-refractivity contribution in [2.45, 2.75) is 6.10 Å². The highest BCUT2D eigenvalue weighted by atomic mass is 16.6. The molecule has 1 fully saturated rings. The van der Waals surface area contributed by atoms with Crippen molar-refractivity contribution in [2.24, 2.45) is 0 Å². The summed E-state index contributed by atoms with van der Waals surface area (Å²) in [5, 5.41) is 3.66. The highest BCUT2D eigenvalue weighted by Gasteiger charge is 2.22. The maximum atomic E-state index is 5.80. The van der Waals surface area contributed by atoms with Crippen LogP contribution in [-0.4, -0.2) is 31.6 Å². The van der Waals surface area contributed by atoms with Gasteiger partial charge in [-0.05, 0) is 18.2 Å². The van der Waals surface area contributed by atoms with Gasteiger partial charge in [0.2, 0.25) is 0 Å². The molecule has 1 aliphatic heterocycles. The molecule has 0 spiro atoms. The molecule has 0 radical (unpaired) electrons. The first-order valence-corrected chi connectivity index (χ1v) is 5.91. The highest BCUT2D eigenvalue weighted by molar-refractivity contribution is 5.64. The van der Waals surface area contributed by atoms with Crippen LogP contribution in [0.25, 0.3) is 11.3 Å². The van der Waals surface area contributed by atoms with Crippen molar-refractivity contribution in [3.63, 3.8) is 0 Å². The molecule has 3 rings (SSSR count). The molecule has 6 nitrogen and oxygen atoms in total. The molecular formula is C13H14N2O4. The maximum absolute atomic E-state index is 5.80. The molecule has 0 aliphatic carbocycles. The highest BCUT2D eigenvalue weighted by Crippen LogP contribution is 2.34. The van der Waals surface area contributed by atoms with Crippen LogP contribution in [0.15, 0.2) is 28.8 Å². The zero-order valence-corrected chi connectivity index (χ0v) is 10.5. The Hall–Kier alpha value is -2.21. The number of nitrogens with zero attached hydrogens (tertiary/aromatic N) is 1. The molecule has 2 heterocycles. The quantitative estimate of drug-likeness (QED) is 0.903. The number of hydrogen-bond donors (Lipinski definition) is 1. The number of nitrogens with two attached hydrogens (primary N) is 1. The van der Waals surface area contributed by atoms with E-state index < -0.39 is 0 Å². The van der Waals surface area contributed by atoms with Crippen LogP contribution in [0.5, 0.6) is 11.5 Å². The van der Waals surface area contributed by atoms with E-state index in [1.807, 2.05) is 18.2 Å². The van der Waals surface area contributed by atoms with E-state index in [4.69, 9.17) is 24.5 Å². The van der Waals surface area contributed by atoms with Gasteiger partial charge >= 0.3 is 0 Å². The van der Waals surface area contributed by atoms with Crippen molar-refractivity contribution in [3.8, 4) is 22.8 Å². The van der Waals surface area contributed by atoms with E-state index in [9.17, 15) is 0 Å². The standard InChI is InChI=1S/C13H14N2O4/c1-16-10-3-2-8(11-5-13(14)15-19-11)4-12(10)18-9-6-17-7-9/h2-5,9H,6-7H2,1H3,(H2,14,15). The van der Waals surface area contributed by atoms with E-state index in [0.29, 0.717) is 36.3 Å². The molecule has 1 aliphatic rings. The molecule has 1 aromatic carbocycles. The van der Waals surface area contributed by atoms with Gasteiger partial charge in [0.1, 0.15) is 6.10 Å². The smallest absolute Gasteiger partial charge is 0.169 e. The number of benzene rings is 1. The van der Waals surface area contributed by atoms with Gasteiger partial charge in [-0.15, -0.1) is 0 Å². The molecule has 2 N–H and O–H groups in total. The molecule has 100 valence electrons. The summed E-state index contributed by atoms with van der Waals surface area (Å²) in [7, 11) is 1.60. The fourth-order valence-electron chi connectivity index (χ4n) is 1.81. The van der Waals surface area contributed by atoms with E-state index in [2.05, 4.69) is 5.16 Å². The molecule has 19 heavy (non-hydrogen) atoms. The molecule has 0 bridgehead atoms.